The van der Waals surface area contributed by atoms with Crippen LogP contribution in [0.15, 0.2) is 53.1 Å². The van der Waals surface area contributed by atoms with E-state index in [0.717, 1.165) is 0 Å². The summed E-state index contributed by atoms with van der Waals surface area (Å²) in [7, 11) is 0. The fourth-order valence-corrected chi connectivity index (χ4v) is 2.97. The van der Waals surface area contributed by atoms with Crippen molar-refractivity contribution in [2.75, 3.05) is 0 Å². The molecule has 8 heteroatoms. The minimum absolute atomic E-state index is 0.115. The van der Waals surface area contributed by atoms with Crippen LogP contribution in [0.25, 0.3) is 28.2 Å². The standard InChI is InChI=1S/C19H13F2N3O3/c1-10-16-13(17(20)21)9-14(15-3-2-8-27-15)22-18(16)24(23-10)12-6-4-11(5-7-12)19(25)26/h2-9,17H,1H3,(H,25,26). The zero-order valence-electron chi connectivity index (χ0n) is 14.1. The van der Waals surface area contributed by atoms with Gasteiger partial charge in [0.15, 0.2) is 11.4 Å². The summed E-state index contributed by atoms with van der Waals surface area (Å²) in [6, 6.07) is 10.5. The molecule has 0 aliphatic carbocycles. The van der Waals surface area contributed by atoms with Gasteiger partial charge in [0.25, 0.3) is 6.43 Å². The second kappa shape index (κ2) is 6.31. The van der Waals surface area contributed by atoms with Crippen LogP contribution in [0.2, 0.25) is 0 Å². The summed E-state index contributed by atoms with van der Waals surface area (Å²) in [6.45, 7) is 1.63. The van der Waals surface area contributed by atoms with E-state index in [1.54, 1.807) is 31.2 Å². The molecule has 0 bridgehead atoms. The van der Waals surface area contributed by atoms with Gasteiger partial charge in [-0.1, -0.05) is 0 Å². The minimum Gasteiger partial charge on any atom is -0.478 e. The number of carboxylic acid groups (broad SMARTS) is 1. The van der Waals surface area contributed by atoms with Crippen LogP contribution in [0.3, 0.4) is 0 Å². The second-order valence-electron chi connectivity index (χ2n) is 5.92. The Kier molecular flexibility index (Phi) is 3.95. The smallest absolute Gasteiger partial charge is 0.335 e. The highest BCUT2D eigenvalue weighted by molar-refractivity contribution is 5.88. The van der Waals surface area contributed by atoms with E-state index < -0.39 is 12.4 Å². The van der Waals surface area contributed by atoms with Crippen molar-refractivity contribution in [2.45, 2.75) is 13.3 Å². The minimum atomic E-state index is -2.71. The number of pyridine rings is 1. The lowest BCUT2D eigenvalue weighted by molar-refractivity contribution is 0.0697. The number of nitrogens with zero attached hydrogens (tertiary/aromatic N) is 3. The van der Waals surface area contributed by atoms with Gasteiger partial charge in [0.1, 0.15) is 5.69 Å². The van der Waals surface area contributed by atoms with Gasteiger partial charge in [0.2, 0.25) is 0 Å². The van der Waals surface area contributed by atoms with Gasteiger partial charge >= 0.3 is 5.97 Å². The third kappa shape index (κ3) is 2.84. The largest absolute Gasteiger partial charge is 0.478 e. The first-order chi connectivity index (χ1) is 13.0. The number of aromatic carboxylic acids is 1. The van der Waals surface area contributed by atoms with E-state index in [1.165, 1.54) is 29.1 Å². The van der Waals surface area contributed by atoms with Gasteiger partial charge in [-0.3, -0.25) is 0 Å². The molecule has 4 aromatic rings. The van der Waals surface area contributed by atoms with Crippen molar-refractivity contribution in [3.63, 3.8) is 0 Å². The average Bonchev–Trinajstić information content (AvgIpc) is 3.29. The molecule has 0 aliphatic heterocycles. The van der Waals surface area contributed by atoms with Crippen LogP contribution >= 0.6 is 0 Å². The molecule has 3 aromatic heterocycles. The maximum Gasteiger partial charge on any atom is 0.335 e. The lowest BCUT2D eigenvalue weighted by Crippen LogP contribution is -2.01. The molecule has 0 saturated heterocycles. The first kappa shape index (κ1) is 16.9. The van der Waals surface area contributed by atoms with E-state index in [1.807, 2.05) is 0 Å². The zero-order chi connectivity index (χ0) is 19.1. The van der Waals surface area contributed by atoms with Gasteiger partial charge < -0.3 is 9.52 Å². The first-order valence-electron chi connectivity index (χ1n) is 8.01. The van der Waals surface area contributed by atoms with Gasteiger partial charge in [-0.2, -0.15) is 5.10 Å². The number of aryl methyl sites for hydroxylation is 1. The molecular formula is C19H13F2N3O3. The highest BCUT2D eigenvalue weighted by atomic mass is 19.3. The van der Waals surface area contributed by atoms with Crippen LogP contribution in [0, 0.1) is 6.92 Å². The average molecular weight is 369 g/mol. The van der Waals surface area contributed by atoms with Crippen LogP contribution in [0.5, 0.6) is 0 Å². The van der Waals surface area contributed by atoms with Crippen molar-refractivity contribution in [2.24, 2.45) is 0 Å². The van der Waals surface area contributed by atoms with Gasteiger partial charge in [-0.15, -0.1) is 0 Å². The highest BCUT2D eigenvalue weighted by Gasteiger charge is 2.22. The van der Waals surface area contributed by atoms with Gasteiger partial charge in [-0.05, 0) is 49.4 Å². The molecule has 0 amide bonds. The molecule has 1 N–H and O–H groups in total. The topological polar surface area (TPSA) is 81.2 Å². The van der Waals surface area contributed by atoms with Gasteiger partial charge in [0, 0.05) is 5.56 Å². The number of carbonyl (C=O) groups is 1. The molecule has 0 atom stereocenters. The molecule has 27 heavy (non-hydrogen) atoms. The number of rotatable bonds is 4. The zero-order valence-corrected chi connectivity index (χ0v) is 14.1. The Hall–Kier alpha value is -3.55. The quantitative estimate of drug-likeness (QED) is 0.567. The number of fused-ring (bicyclic) bond motifs is 1. The molecule has 0 fully saturated rings. The third-order valence-electron chi connectivity index (χ3n) is 4.21. The molecule has 0 radical (unpaired) electrons. The molecule has 0 spiro atoms. The fourth-order valence-electron chi connectivity index (χ4n) is 2.97. The number of furan rings is 1. The van der Waals surface area contributed by atoms with Crippen LogP contribution in [-0.2, 0) is 0 Å². The molecule has 6 nitrogen and oxygen atoms in total. The maximum absolute atomic E-state index is 13.7. The molecular weight excluding hydrogens is 356 g/mol. The summed E-state index contributed by atoms with van der Waals surface area (Å²) in [4.78, 5) is 15.5. The number of benzene rings is 1. The Morgan fingerprint density at radius 1 is 1.22 bits per heavy atom. The van der Waals surface area contributed by atoms with Gasteiger partial charge in [-0.25, -0.2) is 23.2 Å². The summed E-state index contributed by atoms with van der Waals surface area (Å²) >= 11 is 0. The summed E-state index contributed by atoms with van der Waals surface area (Å²) in [5.74, 6) is -0.688. The maximum atomic E-state index is 13.7. The monoisotopic (exact) mass is 369 g/mol. The van der Waals surface area contributed by atoms with E-state index in [-0.39, 0.29) is 27.9 Å². The Morgan fingerprint density at radius 2 is 1.96 bits per heavy atom. The number of aromatic nitrogens is 3. The SMILES string of the molecule is Cc1nn(-c2ccc(C(=O)O)cc2)c2nc(-c3ccco3)cc(C(F)F)c12. The fraction of sp³-hybridized carbons (Fsp3) is 0.105. The number of hydrogen-bond acceptors (Lipinski definition) is 4. The number of alkyl halides is 2. The van der Waals surface area contributed by atoms with Crippen LogP contribution in [0.4, 0.5) is 8.78 Å². The third-order valence-corrected chi connectivity index (χ3v) is 4.21. The molecule has 1 aromatic carbocycles. The van der Waals surface area contributed by atoms with Crippen molar-refractivity contribution < 1.29 is 23.1 Å². The predicted octanol–water partition coefficient (Wildman–Crippen LogP) is 4.62. The Bertz CT molecular complexity index is 1130. The van der Waals surface area contributed by atoms with E-state index in [2.05, 4.69) is 10.1 Å². The van der Waals surface area contributed by atoms with E-state index >= 15 is 0 Å². The van der Waals surface area contributed by atoms with E-state index in [0.29, 0.717) is 17.1 Å². The van der Waals surface area contributed by atoms with E-state index in [4.69, 9.17) is 9.52 Å². The second-order valence-corrected chi connectivity index (χ2v) is 5.92. The summed E-state index contributed by atoms with van der Waals surface area (Å²) in [6.07, 6.45) is -1.27. The lowest BCUT2D eigenvalue weighted by atomic mass is 10.1. The number of carboxylic acids is 1. The van der Waals surface area contributed by atoms with Gasteiger partial charge in [0.05, 0.1) is 28.6 Å². The normalized spacial score (nSPS) is 11.4. The lowest BCUT2D eigenvalue weighted by Gasteiger charge is -2.07. The number of hydrogen-bond donors (Lipinski definition) is 1. The van der Waals surface area contributed by atoms with Crippen molar-refractivity contribution in [3.8, 4) is 17.1 Å². The molecule has 0 saturated carbocycles. The molecule has 0 unspecified atom stereocenters. The summed E-state index contributed by atoms with van der Waals surface area (Å²) in [5.41, 5.74) is 1.37. The highest BCUT2D eigenvalue weighted by Crippen LogP contribution is 2.34. The Balaban J connectivity index is 1.97. The van der Waals surface area contributed by atoms with Crippen molar-refractivity contribution in [1.29, 1.82) is 0 Å². The van der Waals surface area contributed by atoms with E-state index in [9.17, 15) is 13.6 Å². The molecule has 4 rings (SSSR count). The summed E-state index contributed by atoms with van der Waals surface area (Å²) in [5, 5.41) is 13.6. The molecule has 3 heterocycles. The predicted molar refractivity (Wildman–Crippen MR) is 93.2 cm³/mol. The molecule has 0 aliphatic rings. The first-order valence-corrected chi connectivity index (χ1v) is 8.01. The van der Waals surface area contributed by atoms with Crippen LogP contribution in [0.1, 0.15) is 28.0 Å². The van der Waals surface area contributed by atoms with Crippen molar-refractivity contribution in [3.05, 3.63) is 65.5 Å². The van der Waals surface area contributed by atoms with Crippen molar-refractivity contribution in [1.82, 2.24) is 14.8 Å². The summed E-state index contributed by atoms with van der Waals surface area (Å²) < 4.78 is 34.1. The Labute approximate surface area is 151 Å². The van der Waals surface area contributed by atoms with Crippen LogP contribution in [-0.4, -0.2) is 25.8 Å². The van der Waals surface area contributed by atoms with Crippen molar-refractivity contribution >= 4 is 17.0 Å². The number of halogens is 2. The molecule has 136 valence electrons. The Morgan fingerprint density at radius 3 is 2.56 bits per heavy atom. The van der Waals surface area contributed by atoms with Crippen LogP contribution < -0.4 is 0 Å².